The Bertz CT molecular complexity index is 259. The van der Waals surface area contributed by atoms with E-state index in [1.165, 1.54) is 0 Å². The Morgan fingerprint density at radius 2 is 1.45 bits per heavy atom. The van der Waals surface area contributed by atoms with Crippen molar-refractivity contribution in [3.8, 4) is 0 Å². The second-order valence-electron chi connectivity index (χ2n) is 3.30. The van der Waals surface area contributed by atoms with Gasteiger partial charge in [0.25, 0.3) is 10.5 Å². The minimum Gasteiger partial charge on any atom is -1.00 e. The largest absolute Gasteiger partial charge is 1.00 e. The maximum Gasteiger partial charge on any atom is 1.00 e. The Morgan fingerprint density at radius 1 is 1.09 bits per heavy atom. The summed E-state index contributed by atoms with van der Waals surface area (Å²) in [6, 6.07) is 0. The zero-order valence-corrected chi connectivity index (χ0v) is 17.8. The van der Waals surface area contributed by atoms with Gasteiger partial charge in [-0.15, -0.1) is 0 Å². The fourth-order valence-electron chi connectivity index (χ4n) is 0.725. The van der Waals surface area contributed by atoms with Gasteiger partial charge in [-0.2, -0.15) is 0 Å². The molecule has 0 aliphatic carbocycles. The maximum absolute atomic E-state index is 10.3. The molecule has 0 saturated heterocycles. The molecular weight excluding hydrogens is 343 g/mol. The summed E-state index contributed by atoms with van der Waals surface area (Å²) in [5, 5.41) is 1.53. The normalized spacial score (nSPS) is 8.95. The molecule has 0 rings (SSSR count). The smallest absolute Gasteiger partial charge is 1.00 e. The van der Waals surface area contributed by atoms with Crippen LogP contribution < -0.4 is 40.6 Å². The SMILES string of the molecule is COC(C)OC.COC(CCNC(=O)S)OC.NC(=O)S.[H-].[Na+]. The van der Waals surface area contributed by atoms with E-state index in [4.69, 9.17) is 14.3 Å². The second kappa shape index (κ2) is 23.7. The summed E-state index contributed by atoms with van der Waals surface area (Å²) >= 11 is 6.63. The first kappa shape index (κ1) is 30.4. The van der Waals surface area contributed by atoms with Crippen LogP contribution in [0.5, 0.6) is 0 Å². The van der Waals surface area contributed by atoms with Crippen molar-refractivity contribution in [1.82, 2.24) is 5.32 Å². The number of hydrogen-bond acceptors (Lipinski definition) is 6. The molecule has 3 N–H and O–H groups in total. The standard InChI is InChI=1S/C6H13NO3S.C4H10O2.CH3NOS.Na.H/c1-9-5(10-2)3-4-7-6(8)11;1-4(5-2)6-3;2-1(3)4;;/h5H,3-4H2,1-2H3,(H2,7,8,11);4H,1-3H3;(H3,2,3,4);;/q;;;+1;-1. The summed E-state index contributed by atoms with van der Waals surface area (Å²) in [7, 11) is 6.32. The molecule has 0 aliphatic rings. The van der Waals surface area contributed by atoms with Gasteiger partial charge in [0.05, 0.1) is 0 Å². The van der Waals surface area contributed by atoms with Crippen LogP contribution in [0.3, 0.4) is 0 Å². The van der Waals surface area contributed by atoms with Crippen LogP contribution in [0.15, 0.2) is 0 Å². The molecule has 0 aromatic heterocycles. The van der Waals surface area contributed by atoms with E-state index >= 15 is 0 Å². The molecule has 22 heavy (non-hydrogen) atoms. The van der Waals surface area contributed by atoms with Crippen molar-refractivity contribution in [2.24, 2.45) is 5.73 Å². The van der Waals surface area contributed by atoms with Gasteiger partial charge in [0.1, 0.15) is 0 Å². The van der Waals surface area contributed by atoms with Crippen LogP contribution in [0.25, 0.3) is 0 Å². The summed E-state index contributed by atoms with van der Waals surface area (Å²) in [6.45, 7) is 2.34. The molecule has 130 valence electrons. The van der Waals surface area contributed by atoms with Gasteiger partial charge in [0.2, 0.25) is 0 Å². The van der Waals surface area contributed by atoms with Crippen molar-refractivity contribution in [3.63, 3.8) is 0 Å². The topological polar surface area (TPSA) is 109 Å². The number of amides is 2. The van der Waals surface area contributed by atoms with Crippen molar-refractivity contribution in [2.75, 3.05) is 35.0 Å². The van der Waals surface area contributed by atoms with Crippen LogP contribution in [-0.2, 0) is 18.9 Å². The molecule has 0 fully saturated rings. The molecule has 0 atom stereocenters. The minimum atomic E-state index is -0.639. The van der Waals surface area contributed by atoms with Crippen LogP contribution in [0.4, 0.5) is 9.59 Å². The zero-order chi connectivity index (χ0) is 17.3. The van der Waals surface area contributed by atoms with E-state index in [1.807, 2.05) is 6.92 Å². The number of hydrogen-bond donors (Lipinski definition) is 4. The number of ether oxygens (including phenoxy) is 4. The van der Waals surface area contributed by atoms with Crippen LogP contribution in [0.1, 0.15) is 14.8 Å². The molecule has 11 heteroatoms. The number of carbonyl (C=O) groups excluding carboxylic acids is 2. The number of rotatable bonds is 7. The first-order chi connectivity index (χ1) is 9.74. The van der Waals surface area contributed by atoms with Gasteiger partial charge in [-0.25, -0.2) is 0 Å². The second-order valence-corrected chi connectivity index (χ2v) is 4.15. The van der Waals surface area contributed by atoms with Crippen molar-refractivity contribution in [2.45, 2.75) is 25.9 Å². The number of primary amides is 1. The summed E-state index contributed by atoms with van der Waals surface area (Å²) < 4.78 is 19.1. The van der Waals surface area contributed by atoms with E-state index < -0.39 is 5.24 Å². The molecule has 0 unspecified atom stereocenters. The average Bonchev–Trinajstić information content (AvgIpc) is 2.42. The molecular formula is C11H27N2NaO6S2. The zero-order valence-electron chi connectivity index (χ0n) is 15.0. The van der Waals surface area contributed by atoms with E-state index in [0.717, 1.165) is 0 Å². The van der Waals surface area contributed by atoms with Gasteiger partial charge in [0, 0.05) is 41.4 Å². The van der Waals surface area contributed by atoms with Gasteiger partial charge < -0.3 is 31.4 Å². The van der Waals surface area contributed by atoms with E-state index in [-0.39, 0.29) is 48.8 Å². The van der Waals surface area contributed by atoms with Gasteiger partial charge in [0.15, 0.2) is 12.6 Å². The van der Waals surface area contributed by atoms with E-state index in [2.05, 4.69) is 45.8 Å². The molecule has 2 amide bonds. The summed E-state index contributed by atoms with van der Waals surface area (Å²) in [4.78, 5) is 19.4. The predicted octanol–water partition coefficient (Wildman–Crippen LogP) is -1.63. The summed E-state index contributed by atoms with van der Waals surface area (Å²) in [6.07, 6.45) is 0.305. The first-order valence-corrected chi connectivity index (χ1v) is 6.70. The third-order valence-electron chi connectivity index (χ3n) is 1.85. The number of thiol groups is 2. The third kappa shape index (κ3) is 37.1. The van der Waals surface area contributed by atoms with Crippen molar-refractivity contribution < 1.29 is 59.5 Å². The molecule has 0 aliphatic heterocycles. The minimum absolute atomic E-state index is 0. The van der Waals surface area contributed by atoms with E-state index in [1.54, 1.807) is 28.4 Å². The molecule has 0 aromatic rings. The number of methoxy groups -OCH3 is 4. The fraction of sp³-hybridized carbons (Fsp3) is 0.818. The molecule has 0 spiro atoms. The van der Waals surface area contributed by atoms with Crippen LogP contribution in [0.2, 0.25) is 0 Å². The Hall–Kier alpha value is 0.480. The Balaban J connectivity index is -0.0000000771. The summed E-state index contributed by atoms with van der Waals surface area (Å²) in [5.74, 6) is 0. The predicted molar refractivity (Wildman–Crippen MR) is 88.0 cm³/mol. The molecule has 0 radical (unpaired) electrons. The molecule has 0 aromatic carbocycles. The van der Waals surface area contributed by atoms with Crippen molar-refractivity contribution in [1.29, 1.82) is 0 Å². The summed E-state index contributed by atoms with van der Waals surface area (Å²) in [5.41, 5.74) is 4.34. The number of nitrogens with two attached hydrogens (primary N) is 1. The molecule has 0 bridgehead atoms. The van der Waals surface area contributed by atoms with Gasteiger partial charge in [-0.1, -0.05) is 25.3 Å². The quantitative estimate of drug-likeness (QED) is 0.243. The van der Waals surface area contributed by atoms with Crippen LogP contribution in [0, 0.1) is 0 Å². The average molecular weight is 370 g/mol. The molecule has 0 saturated carbocycles. The van der Waals surface area contributed by atoms with Crippen molar-refractivity contribution in [3.05, 3.63) is 0 Å². The van der Waals surface area contributed by atoms with Gasteiger partial charge >= 0.3 is 29.6 Å². The van der Waals surface area contributed by atoms with E-state index in [0.29, 0.717) is 13.0 Å². The Kier molecular flexibility index (Phi) is 32.8. The molecule has 8 nitrogen and oxygen atoms in total. The van der Waals surface area contributed by atoms with Crippen molar-refractivity contribution >= 4 is 35.7 Å². The number of carbonyl (C=O) groups is 2. The Labute approximate surface area is 166 Å². The number of nitrogens with one attached hydrogen (secondary N) is 1. The van der Waals surface area contributed by atoms with Gasteiger partial charge in [-0.05, 0) is 6.92 Å². The monoisotopic (exact) mass is 370 g/mol. The first-order valence-electron chi connectivity index (χ1n) is 5.81. The van der Waals surface area contributed by atoms with Gasteiger partial charge in [-0.3, -0.25) is 9.59 Å². The fourth-order valence-corrected chi connectivity index (χ4v) is 0.837. The maximum atomic E-state index is 10.3. The van der Waals surface area contributed by atoms with Crippen LogP contribution >= 0.6 is 25.3 Å². The van der Waals surface area contributed by atoms with E-state index in [9.17, 15) is 4.79 Å². The Morgan fingerprint density at radius 3 is 1.64 bits per heavy atom. The van der Waals surface area contributed by atoms with Crippen LogP contribution in [-0.4, -0.2) is 58.0 Å². The third-order valence-corrected chi connectivity index (χ3v) is 2.00. The molecule has 0 heterocycles.